The molecular weight excluding hydrogens is 681 g/mol. The minimum absolute atomic E-state index is 0.00364. The fraction of sp³-hybridized carbons (Fsp3) is 0.306. The zero-order valence-electron chi connectivity index (χ0n) is 26.0. The van der Waals surface area contributed by atoms with Gasteiger partial charge in [0.1, 0.15) is 11.5 Å². The molecule has 2 N–H and O–H groups in total. The lowest BCUT2D eigenvalue weighted by atomic mass is 9.49. The summed E-state index contributed by atoms with van der Waals surface area (Å²) in [6.45, 7) is -0.361. The third-order valence-electron chi connectivity index (χ3n) is 10.4. The van der Waals surface area contributed by atoms with E-state index >= 15 is 4.79 Å². The maximum Gasteiger partial charge on any atom is 0.573 e. The number of benzene rings is 3. The SMILES string of the molecule is O=C(O)CCN1C(=O)C2CC=C3C(CC4C(=O)N(c5cccc(Cl)c5)C(=O)C4(c4ccccc4)C3c3cc(OC(F)(F)F)ccc3O)C2C1=O. The summed E-state index contributed by atoms with van der Waals surface area (Å²) in [5, 5.41) is 20.9. The Labute approximate surface area is 287 Å². The number of carboxylic acids is 1. The summed E-state index contributed by atoms with van der Waals surface area (Å²) >= 11 is 6.28. The van der Waals surface area contributed by atoms with Crippen molar-refractivity contribution in [3.63, 3.8) is 0 Å². The Morgan fingerprint density at radius 1 is 0.940 bits per heavy atom. The molecule has 2 aliphatic carbocycles. The highest BCUT2D eigenvalue weighted by atomic mass is 35.5. The number of hydrogen-bond acceptors (Lipinski definition) is 7. The highest BCUT2D eigenvalue weighted by molar-refractivity contribution is 6.32. The number of rotatable bonds is 7. The number of fused-ring (bicyclic) bond motifs is 4. The van der Waals surface area contributed by atoms with Crippen LogP contribution in [-0.2, 0) is 29.4 Å². The van der Waals surface area contributed by atoms with Gasteiger partial charge in [0, 0.05) is 23.0 Å². The van der Waals surface area contributed by atoms with Gasteiger partial charge in [0.25, 0.3) is 0 Å². The molecule has 4 aliphatic rings. The van der Waals surface area contributed by atoms with Crippen molar-refractivity contribution in [2.24, 2.45) is 23.7 Å². The van der Waals surface area contributed by atoms with Gasteiger partial charge in [-0.25, -0.2) is 4.90 Å². The highest BCUT2D eigenvalue weighted by Gasteiger charge is 2.70. The monoisotopic (exact) mass is 708 g/mol. The van der Waals surface area contributed by atoms with Crippen molar-refractivity contribution in [1.82, 2.24) is 4.90 Å². The Balaban J connectivity index is 1.48. The van der Waals surface area contributed by atoms with Gasteiger partial charge in [0.05, 0.1) is 35.3 Å². The number of phenolic OH excluding ortho intramolecular Hbond substituents is 1. The maximum absolute atomic E-state index is 15.2. The van der Waals surface area contributed by atoms with Gasteiger partial charge in [-0.05, 0) is 60.7 Å². The van der Waals surface area contributed by atoms with Gasteiger partial charge in [0.2, 0.25) is 23.6 Å². The third-order valence-corrected chi connectivity index (χ3v) is 10.6. The first kappa shape index (κ1) is 33.3. The van der Waals surface area contributed by atoms with Crippen LogP contribution in [-0.4, -0.2) is 57.6 Å². The van der Waals surface area contributed by atoms with Gasteiger partial charge in [-0.3, -0.25) is 28.9 Å². The van der Waals surface area contributed by atoms with Crippen LogP contribution >= 0.6 is 11.6 Å². The number of halogens is 4. The van der Waals surface area contributed by atoms with Crippen LogP contribution in [0.25, 0.3) is 0 Å². The summed E-state index contributed by atoms with van der Waals surface area (Å²) in [4.78, 5) is 70.6. The number of nitrogens with zero attached hydrogens (tertiary/aromatic N) is 2. The first-order valence-electron chi connectivity index (χ1n) is 15.8. The maximum atomic E-state index is 15.2. The van der Waals surface area contributed by atoms with Crippen LogP contribution in [0.1, 0.15) is 36.3 Å². The number of likely N-dealkylation sites (tertiary alicyclic amines) is 1. The molecule has 0 radical (unpaired) electrons. The zero-order chi connectivity index (χ0) is 35.7. The number of carbonyl (C=O) groups is 5. The average molecular weight is 709 g/mol. The number of carbonyl (C=O) groups excluding carboxylic acids is 4. The molecule has 14 heteroatoms. The van der Waals surface area contributed by atoms with Crippen molar-refractivity contribution in [3.05, 3.63) is 101 Å². The molecule has 0 spiro atoms. The first-order chi connectivity index (χ1) is 23.7. The zero-order valence-corrected chi connectivity index (χ0v) is 26.7. The summed E-state index contributed by atoms with van der Waals surface area (Å²) in [6, 6.07) is 17.2. The van der Waals surface area contributed by atoms with Crippen LogP contribution in [0.4, 0.5) is 18.9 Å². The molecule has 0 bridgehead atoms. The molecule has 6 atom stereocenters. The fourth-order valence-electron chi connectivity index (χ4n) is 8.54. The quantitative estimate of drug-likeness (QED) is 0.239. The molecule has 1 saturated carbocycles. The van der Waals surface area contributed by atoms with Gasteiger partial charge < -0.3 is 14.9 Å². The third kappa shape index (κ3) is 5.13. The molecule has 0 aromatic heterocycles. The number of amides is 4. The lowest BCUT2D eigenvalue weighted by Crippen LogP contribution is -2.53. The molecule has 2 saturated heterocycles. The van der Waals surface area contributed by atoms with E-state index < -0.39 is 88.9 Å². The van der Waals surface area contributed by atoms with E-state index in [0.717, 1.165) is 28.0 Å². The van der Waals surface area contributed by atoms with Gasteiger partial charge in [-0.15, -0.1) is 13.2 Å². The van der Waals surface area contributed by atoms with Crippen molar-refractivity contribution < 1.29 is 52.1 Å². The molecule has 2 aliphatic heterocycles. The lowest BCUT2D eigenvalue weighted by Gasteiger charge is -2.50. The number of aliphatic carboxylic acids is 1. The molecule has 3 aromatic rings. The van der Waals surface area contributed by atoms with Gasteiger partial charge in [-0.2, -0.15) is 0 Å². The molecule has 7 rings (SSSR count). The largest absolute Gasteiger partial charge is 0.573 e. The van der Waals surface area contributed by atoms with Crippen LogP contribution in [0.3, 0.4) is 0 Å². The summed E-state index contributed by atoms with van der Waals surface area (Å²) in [7, 11) is 0. The van der Waals surface area contributed by atoms with E-state index in [1.165, 1.54) is 12.1 Å². The molecule has 3 aromatic carbocycles. The van der Waals surface area contributed by atoms with Crippen LogP contribution in [0.15, 0.2) is 84.4 Å². The molecule has 6 unspecified atom stereocenters. The number of allylic oxidation sites excluding steroid dienone is 2. The van der Waals surface area contributed by atoms with Crippen molar-refractivity contribution in [2.45, 2.75) is 37.0 Å². The predicted octanol–water partition coefficient (Wildman–Crippen LogP) is 5.58. The van der Waals surface area contributed by atoms with E-state index in [1.807, 2.05) is 0 Å². The van der Waals surface area contributed by atoms with Crippen LogP contribution in [0.2, 0.25) is 5.02 Å². The summed E-state index contributed by atoms with van der Waals surface area (Å²) < 4.78 is 44.7. The molecule has 258 valence electrons. The van der Waals surface area contributed by atoms with Gasteiger partial charge in [0.15, 0.2) is 0 Å². The second kappa shape index (κ2) is 12.0. The Bertz CT molecular complexity index is 1980. The molecule has 4 amide bonds. The predicted molar refractivity (Wildman–Crippen MR) is 170 cm³/mol. The van der Waals surface area contributed by atoms with Crippen molar-refractivity contribution in [1.29, 1.82) is 0 Å². The average Bonchev–Trinajstić information content (AvgIpc) is 3.44. The number of hydrogen-bond donors (Lipinski definition) is 2. The second-order valence-corrected chi connectivity index (χ2v) is 13.3. The fourth-order valence-corrected chi connectivity index (χ4v) is 8.73. The van der Waals surface area contributed by atoms with Gasteiger partial charge >= 0.3 is 12.3 Å². The Morgan fingerprint density at radius 3 is 2.36 bits per heavy atom. The topological polar surface area (TPSA) is 142 Å². The van der Waals surface area contributed by atoms with Gasteiger partial charge in [-0.1, -0.05) is 59.6 Å². The van der Waals surface area contributed by atoms with Crippen molar-refractivity contribution in [3.8, 4) is 11.5 Å². The lowest BCUT2D eigenvalue weighted by molar-refractivity contribution is -0.274. The molecule has 50 heavy (non-hydrogen) atoms. The molecule has 3 fully saturated rings. The van der Waals surface area contributed by atoms with E-state index in [-0.39, 0.29) is 35.7 Å². The highest BCUT2D eigenvalue weighted by Crippen LogP contribution is 2.65. The van der Waals surface area contributed by atoms with E-state index in [2.05, 4.69) is 4.74 Å². The number of aromatic hydroxyl groups is 1. The van der Waals surface area contributed by atoms with Crippen molar-refractivity contribution >= 4 is 46.9 Å². The molecule has 2 heterocycles. The number of phenols is 1. The second-order valence-electron chi connectivity index (χ2n) is 12.8. The number of alkyl halides is 3. The normalized spacial score (nSPS) is 27.5. The minimum atomic E-state index is -5.10. The van der Waals surface area contributed by atoms with Crippen LogP contribution in [0.5, 0.6) is 11.5 Å². The Hall–Kier alpha value is -5.17. The Kier molecular flexibility index (Phi) is 8.00. The summed E-state index contributed by atoms with van der Waals surface area (Å²) in [5.41, 5.74) is -1.11. The van der Waals surface area contributed by atoms with E-state index in [1.54, 1.807) is 48.5 Å². The standard InChI is InChI=1S/C36H28ClF3N2O8/c37-19-7-4-8-20(15-19)42-32(47)26-17-24-22(10-11-23-29(24)33(48)41(31(23)46)14-13-28(44)45)30(35(26,34(42)49)18-5-2-1-3-6-18)25-16-21(9-12-27(25)43)50-36(38,39)40/h1-10,12,15-16,23-24,26,29-30,43H,11,13-14,17H2,(H,44,45). The van der Waals surface area contributed by atoms with E-state index in [9.17, 15) is 42.6 Å². The van der Waals surface area contributed by atoms with Crippen molar-refractivity contribution in [2.75, 3.05) is 11.4 Å². The number of ether oxygens (including phenoxy) is 1. The van der Waals surface area contributed by atoms with Crippen LogP contribution < -0.4 is 9.64 Å². The first-order valence-corrected chi connectivity index (χ1v) is 16.2. The summed E-state index contributed by atoms with van der Waals surface area (Å²) in [6.07, 6.45) is -4.02. The Morgan fingerprint density at radius 2 is 1.68 bits per heavy atom. The van der Waals surface area contributed by atoms with Crippen LogP contribution in [0, 0.1) is 23.7 Å². The van der Waals surface area contributed by atoms with E-state index in [4.69, 9.17) is 11.6 Å². The summed E-state index contributed by atoms with van der Waals surface area (Å²) in [5.74, 6) is -10.3. The molecular formula is C36H28ClF3N2O8. The minimum Gasteiger partial charge on any atom is -0.508 e. The smallest absolute Gasteiger partial charge is 0.508 e. The number of imide groups is 2. The number of anilines is 1. The number of carboxylic acid groups (broad SMARTS) is 1. The van der Waals surface area contributed by atoms with E-state index in [0.29, 0.717) is 11.1 Å². The molecule has 10 nitrogen and oxygen atoms in total.